The van der Waals surface area contributed by atoms with Crippen LogP contribution in [-0.2, 0) is 4.74 Å². The Morgan fingerprint density at radius 1 is 1.03 bits per heavy atom. The van der Waals surface area contributed by atoms with Gasteiger partial charge in [0.15, 0.2) is 0 Å². The molecule has 0 saturated carbocycles. The molecule has 2 aliphatic rings. The Kier molecular flexibility index (Phi) is 6.47. The van der Waals surface area contributed by atoms with E-state index in [1.165, 1.54) is 14.7 Å². The number of nitriles is 1. The van der Waals surface area contributed by atoms with Crippen LogP contribution >= 0.6 is 23.5 Å². The molecule has 31 heavy (non-hydrogen) atoms. The summed E-state index contributed by atoms with van der Waals surface area (Å²) in [6, 6.07) is 19.2. The molecule has 2 aliphatic heterocycles. The van der Waals surface area contributed by atoms with Gasteiger partial charge in [0.1, 0.15) is 30.5 Å². The summed E-state index contributed by atoms with van der Waals surface area (Å²) in [5.41, 5.74) is 11.2. The monoisotopic (exact) mass is 448 g/mol. The molecule has 2 aromatic rings. The molecule has 0 spiro atoms. The van der Waals surface area contributed by atoms with Gasteiger partial charge < -0.3 is 15.4 Å². The van der Waals surface area contributed by atoms with Crippen LogP contribution in [0.15, 0.2) is 86.7 Å². The first-order chi connectivity index (χ1) is 15.0. The predicted octanol–water partition coefficient (Wildman–Crippen LogP) is 3.80. The van der Waals surface area contributed by atoms with Gasteiger partial charge in [-0.1, -0.05) is 24.3 Å². The average molecular weight is 449 g/mol. The minimum Gasteiger partial charge on any atom is -0.440 e. The largest absolute Gasteiger partial charge is 0.440 e. The van der Waals surface area contributed by atoms with Gasteiger partial charge in [-0.05, 0) is 54.0 Å². The molecule has 4 nitrogen and oxygen atoms in total. The van der Waals surface area contributed by atoms with E-state index in [9.17, 15) is 5.26 Å². The molecule has 0 aliphatic carbocycles. The lowest BCUT2D eigenvalue weighted by Crippen LogP contribution is -3.10. The number of nitrogens with one attached hydrogen (secondary N) is 1. The van der Waals surface area contributed by atoms with Crippen molar-refractivity contribution in [2.75, 3.05) is 32.6 Å². The van der Waals surface area contributed by atoms with Crippen molar-refractivity contribution in [1.82, 2.24) is 0 Å². The summed E-state index contributed by atoms with van der Waals surface area (Å²) < 4.78 is 6.09. The van der Waals surface area contributed by atoms with E-state index in [0.29, 0.717) is 5.57 Å². The van der Waals surface area contributed by atoms with Crippen LogP contribution in [0.5, 0.6) is 0 Å². The Hall–Kier alpha value is -2.59. The lowest BCUT2D eigenvalue weighted by molar-refractivity contribution is -0.871. The van der Waals surface area contributed by atoms with Gasteiger partial charge in [-0.3, -0.25) is 0 Å². The van der Waals surface area contributed by atoms with Crippen molar-refractivity contribution in [2.45, 2.75) is 15.7 Å². The van der Waals surface area contributed by atoms with Crippen molar-refractivity contribution in [1.29, 1.82) is 5.26 Å². The summed E-state index contributed by atoms with van der Waals surface area (Å²) in [6.07, 6.45) is 6.32. The Morgan fingerprint density at radius 2 is 1.65 bits per heavy atom. The van der Waals surface area contributed by atoms with Gasteiger partial charge in [-0.2, -0.15) is 5.26 Å². The second kappa shape index (κ2) is 9.27. The van der Waals surface area contributed by atoms with Crippen LogP contribution in [-0.4, -0.2) is 32.6 Å². The molecule has 2 heterocycles. The van der Waals surface area contributed by atoms with E-state index in [4.69, 9.17) is 10.5 Å². The third-order valence-electron chi connectivity index (χ3n) is 5.71. The molecule has 0 amide bonds. The van der Waals surface area contributed by atoms with Crippen LogP contribution in [0.2, 0.25) is 0 Å². The number of likely N-dealkylation sites (N-methyl/N-ethyl adjacent to an activating group) is 1. The maximum atomic E-state index is 9.88. The van der Waals surface area contributed by atoms with Crippen molar-refractivity contribution in [3.8, 4) is 6.07 Å². The molecule has 2 aromatic carbocycles. The highest BCUT2D eigenvalue weighted by Crippen LogP contribution is 2.41. The molecule has 158 valence electrons. The molecule has 0 bridgehead atoms. The first kappa shape index (κ1) is 21.6. The first-order valence-corrected chi connectivity index (χ1v) is 12.6. The topological polar surface area (TPSA) is 63.5 Å². The number of allylic oxidation sites excluding steroid dienone is 1. The predicted molar refractivity (Wildman–Crippen MR) is 129 cm³/mol. The average Bonchev–Trinajstić information content (AvgIpc) is 2.79. The highest BCUT2D eigenvalue weighted by atomic mass is 32.2. The van der Waals surface area contributed by atoms with Crippen LogP contribution < -0.4 is 10.6 Å². The van der Waals surface area contributed by atoms with Crippen molar-refractivity contribution < 1.29 is 9.64 Å². The quantitative estimate of drug-likeness (QED) is 0.697. The highest BCUT2D eigenvalue weighted by Gasteiger charge is 2.38. The number of nitrogens with two attached hydrogens (primary N) is 1. The van der Waals surface area contributed by atoms with Gasteiger partial charge in [0.05, 0.1) is 13.0 Å². The Morgan fingerprint density at radius 3 is 2.23 bits per heavy atom. The molecule has 3 N–H and O–H groups in total. The normalized spacial score (nSPS) is 22.2. The van der Waals surface area contributed by atoms with Crippen LogP contribution in [0.3, 0.4) is 0 Å². The molecular weight excluding hydrogens is 422 g/mol. The fourth-order valence-electron chi connectivity index (χ4n) is 4.23. The van der Waals surface area contributed by atoms with Crippen molar-refractivity contribution in [3.05, 3.63) is 88.0 Å². The summed E-state index contributed by atoms with van der Waals surface area (Å²) >= 11 is 3.44. The van der Waals surface area contributed by atoms with Crippen LogP contribution in [0, 0.1) is 11.3 Å². The maximum absolute atomic E-state index is 9.88. The van der Waals surface area contributed by atoms with E-state index in [-0.39, 0.29) is 11.8 Å². The SMILES string of the molecule is CSc1ccc(/C=C2/C[NH+](C)CC3=C2OC(N)=C(C#N)[C@H]3c2ccc(SC)cc2)cc1. The van der Waals surface area contributed by atoms with E-state index in [2.05, 4.69) is 80.2 Å². The van der Waals surface area contributed by atoms with E-state index in [0.717, 1.165) is 41.1 Å². The van der Waals surface area contributed by atoms with Gasteiger partial charge >= 0.3 is 0 Å². The Labute approximate surface area is 192 Å². The molecule has 0 radical (unpaired) electrons. The second-order valence-electron chi connectivity index (χ2n) is 7.81. The number of rotatable bonds is 4. The second-order valence-corrected chi connectivity index (χ2v) is 9.57. The van der Waals surface area contributed by atoms with Crippen molar-refractivity contribution in [2.24, 2.45) is 5.73 Å². The van der Waals surface area contributed by atoms with Gasteiger partial charge in [-0.15, -0.1) is 23.5 Å². The van der Waals surface area contributed by atoms with Crippen molar-refractivity contribution >= 4 is 29.6 Å². The van der Waals surface area contributed by atoms with Crippen LogP contribution in [0.25, 0.3) is 6.08 Å². The lowest BCUT2D eigenvalue weighted by atomic mass is 9.80. The summed E-state index contributed by atoms with van der Waals surface area (Å²) in [6.45, 7) is 1.65. The van der Waals surface area contributed by atoms with E-state index >= 15 is 0 Å². The van der Waals surface area contributed by atoms with E-state index in [1.54, 1.807) is 23.5 Å². The fraction of sp³-hybridized carbons (Fsp3) is 0.240. The fourth-order valence-corrected chi connectivity index (χ4v) is 5.04. The van der Waals surface area contributed by atoms with Gasteiger partial charge in [0.25, 0.3) is 0 Å². The molecule has 1 unspecified atom stereocenters. The molecule has 2 atom stereocenters. The number of hydrogen-bond donors (Lipinski definition) is 2. The zero-order chi connectivity index (χ0) is 22.0. The van der Waals surface area contributed by atoms with Gasteiger partial charge in [0.2, 0.25) is 5.88 Å². The Bertz CT molecular complexity index is 1110. The standard InChI is InChI=1S/C25H25N3OS2/c1-28-14-18(12-16-4-8-19(30-2)9-5-16)24-22(15-28)23(21(13-26)25(27)29-24)17-6-10-20(31-3)11-7-17/h4-12,23H,14-15,27H2,1-3H3/p+1/b18-12-/t23-/m1/s1. The third kappa shape index (κ3) is 4.40. The minimum atomic E-state index is -0.179. The maximum Gasteiger partial charge on any atom is 0.205 e. The number of quaternary nitrogens is 1. The van der Waals surface area contributed by atoms with Crippen LogP contribution in [0.4, 0.5) is 0 Å². The van der Waals surface area contributed by atoms with E-state index in [1.807, 2.05) is 0 Å². The molecule has 0 aromatic heterocycles. The minimum absolute atomic E-state index is 0.179. The molecule has 6 heteroatoms. The number of benzene rings is 2. The summed E-state index contributed by atoms with van der Waals surface area (Å²) in [4.78, 5) is 3.79. The first-order valence-electron chi connectivity index (χ1n) is 10.1. The van der Waals surface area contributed by atoms with E-state index < -0.39 is 0 Å². The number of nitrogens with zero attached hydrogens (tertiary/aromatic N) is 1. The van der Waals surface area contributed by atoms with Crippen molar-refractivity contribution in [3.63, 3.8) is 0 Å². The highest BCUT2D eigenvalue weighted by molar-refractivity contribution is 7.98. The molecular formula is C25H26N3OS2+. The number of thioether (sulfide) groups is 2. The number of hydrogen-bond acceptors (Lipinski definition) is 5. The number of ether oxygens (including phenoxy) is 1. The third-order valence-corrected chi connectivity index (χ3v) is 7.20. The smallest absolute Gasteiger partial charge is 0.205 e. The molecule has 4 rings (SSSR count). The Balaban J connectivity index is 1.81. The zero-order valence-electron chi connectivity index (χ0n) is 17.9. The summed E-state index contributed by atoms with van der Waals surface area (Å²) in [5, 5.41) is 9.88. The molecule has 0 fully saturated rings. The zero-order valence-corrected chi connectivity index (χ0v) is 19.6. The van der Waals surface area contributed by atoms with Gasteiger partial charge in [0, 0.05) is 20.9 Å². The summed E-state index contributed by atoms with van der Waals surface area (Å²) in [7, 11) is 2.18. The lowest BCUT2D eigenvalue weighted by Gasteiger charge is -2.35. The molecule has 0 saturated heterocycles. The van der Waals surface area contributed by atoms with Gasteiger partial charge in [-0.25, -0.2) is 0 Å². The van der Waals surface area contributed by atoms with Crippen LogP contribution in [0.1, 0.15) is 17.0 Å². The summed E-state index contributed by atoms with van der Waals surface area (Å²) in [5.74, 6) is 0.862.